The molecule has 0 bridgehead atoms. The molecule has 0 amide bonds. The number of hydrogen-bond donors (Lipinski definition) is 0. The van der Waals surface area contributed by atoms with Gasteiger partial charge in [0.1, 0.15) is 12.0 Å². The first-order valence-electron chi connectivity index (χ1n) is 3.63. The monoisotopic (exact) mass is 194 g/mol. The summed E-state index contributed by atoms with van der Waals surface area (Å²) in [7, 11) is 0. The smallest absolute Gasteiger partial charge is 0.298 e. The van der Waals surface area contributed by atoms with Gasteiger partial charge in [-0.05, 0) is 6.92 Å². The van der Waals surface area contributed by atoms with Gasteiger partial charge < -0.3 is 5.11 Å². The van der Waals surface area contributed by atoms with Crippen molar-refractivity contribution < 1.29 is 10.0 Å². The van der Waals surface area contributed by atoms with Crippen LogP contribution in [0.5, 0.6) is 5.88 Å². The first-order chi connectivity index (χ1) is 6.59. The zero-order valence-electron chi connectivity index (χ0n) is 7.04. The second-order valence-electron chi connectivity index (χ2n) is 2.58. The Hall–Kier alpha value is -2.25. The minimum Gasteiger partial charge on any atom is -0.854 e. The van der Waals surface area contributed by atoms with Crippen LogP contribution in [-0.4, -0.2) is 24.5 Å². The molecule has 0 saturated heterocycles. The van der Waals surface area contributed by atoms with Gasteiger partial charge in [0.05, 0.1) is 10.8 Å². The lowest BCUT2D eigenvalue weighted by Crippen LogP contribution is -2.06. The molecule has 2 aromatic rings. The number of nitrogens with zero attached hydrogens (tertiary/aromatic N) is 5. The fourth-order valence-electron chi connectivity index (χ4n) is 1.03. The van der Waals surface area contributed by atoms with Crippen molar-refractivity contribution in [3.8, 4) is 5.88 Å². The summed E-state index contributed by atoms with van der Waals surface area (Å²) < 4.78 is 0.813. The lowest BCUT2D eigenvalue weighted by molar-refractivity contribution is -0.400. The van der Waals surface area contributed by atoms with Crippen LogP contribution in [0.15, 0.2) is 6.20 Å². The van der Waals surface area contributed by atoms with Gasteiger partial charge in [-0.1, -0.05) is 0 Å². The molecule has 0 aliphatic heterocycles. The third-order valence-corrected chi connectivity index (χ3v) is 1.61. The Labute approximate surface area is 77.0 Å². The van der Waals surface area contributed by atoms with Gasteiger partial charge in [0.15, 0.2) is 0 Å². The Morgan fingerprint density at radius 2 is 2.29 bits per heavy atom. The SMILES string of the molecule is Cc1nc2ncc([N+](=O)[O-])c([O-])n2n1. The number of aryl methyl sites for hydroxylation is 1. The number of aromatic nitrogens is 4. The predicted octanol–water partition coefficient (Wildman–Crippen LogP) is -0.585. The second kappa shape index (κ2) is 2.62. The molecule has 2 heterocycles. The molecule has 2 rings (SSSR count). The van der Waals surface area contributed by atoms with Crippen LogP contribution in [0.25, 0.3) is 5.78 Å². The normalized spacial score (nSPS) is 10.6. The van der Waals surface area contributed by atoms with Gasteiger partial charge in [0.25, 0.3) is 11.5 Å². The van der Waals surface area contributed by atoms with E-state index in [1.54, 1.807) is 6.92 Å². The van der Waals surface area contributed by atoms with Gasteiger partial charge in [-0.2, -0.15) is 10.1 Å². The molecule has 0 aliphatic rings. The predicted molar refractivity (Wildman–Crippen MR) is 41.6 cm³/mol. The van der Waals surface area contributed by atoms with Crippen LogP contribution < -0.4 is 5.11 Å². The van der Waals surface area contributed by atoms with Crippen LogP contribution in [0.2, 0.25) is 0 Å². The fraction of sp³-hybridized carbons (Fsp3) is 0.167. The molecule has 0 N–H and O–H groups in total. The molecule has 0 fully saturated rings. The summed E-state index contributed by atoms with van der Waals surface area (Å²) >= 11 is 0. The van der Waals surface area contributed by atoms with Crippen molar-refractivity contribution in [2.45, 2.75) is 6.92 Å². The molecular formula is C6H4N5O3-. The van der Waals surface area contributed by atoms with Crippen molar-refractivity contribution in [2.75, 3.05) is 0 Å². The topological polar surface area (TPSA) is 109 Å². The van der Waals surface area contributed by atoms with Crippen LogP contribution >= 0.6 is 0 Å². The standard InChI is InChI=1S/C6H5N5O3/c1-3-8-6-7-2-4(11(13)14)5(12)10(6)9-3/h2,12H,1H3/p-1. The quantitative estimate of drug-likeness (QED) is 0.443. The number of hydrogen-bond acceptors (Lipinski definition) is 6. The maximum Gasteiger partial charge on any atom is 0.298 e. The Kier molecular flexibility index (Phi) is 1.56. The van der Waals surface area contributed by atoms with Gasteiger partial charge in [0.2, 0.25) is 0 Å². The van der Waals surface area contributed by atoms with E-state index in [1.165, 1.54) is 0 Å². The van der Waals surface area contributed by atoms with Crippen molar-refractivity contribution in [1.82, 2.24) is 19.6 Å². The van der Waals surface area contributed by atoms with E-state index in [0.29, 0.717) is 5.82 Å². The fourth-order valence-corrected chi connectivity index (χ4v) is 1.03. The summed E-state index contributed by atoms with van der Waals surface area (Å²) in [4.78, 5) is 17.0. The highest BCUT2D eigenvalue weighted by molar-refractivity contribution is 5.43. The number of nitro groups is 1. The molecule has 0 atom stereocenters. The maximum absolute atomic E-state index is 11.4. The van der Waals surface area contributed by atoms with Crippen LogP contribution in [0.3, 0.4) is 0 Å². The largest absolute Gasteiger partial charge is 0.854 e. The van der Waals surface area contributed by atoms with E-state index in [1.807, 2.05) is 0 Å². The van der Waals surface area contributed by atoms with Gasteiger partial charge >= 0.3 is 0 Å². The van der Waals surface area contributed by atoms with Crippen molar-refractivity contribution in [2.24, 2.45) is 0 Å². The third-order valence-electron chi connectivity index (χ3n) is 1.61. The highest BCUT2D eigenvalue weighted by atomic mass is 16.6. The van der Waals surface area contributed by atoms with E-state index in [4.69, 9.17) is 0 Å². The molecule has 72 valence electrons. The highest BCUT2D eigenvalue weighted by Gasteiger charge is 2.12. The Morgan fingerprint density at radius 1 is 1.57 bits per heavy atom. The van der Waals surface area contributed by atoms with Crippen LogP contribution in [0, 0.1) is 17.0 Å². The van der Waals surface area contributed by atoms with Gasteiger partial charge in [-0.3, -0.25) is 10.1 Å². The summed E-state index contributed by atoms with van der Waals surface area (Å²) in [6.45, 7) is 1.57. The van der Waals surface area contributed by atoms with Crippen molar-refractivity contribution in [3.05, 3.63) is 22.1 Å². The molecule has 8 nitrogen and oxygen atoms in total. The molecule has 0 unspecified atom stereocenters. The molecular weight excluding hydrogens is 190 g/mol. The molecule has 0 radical (unpaired) electrons. The zero-order chi connectivity index (χ0) is 10.3. The number of fused-ring (bicyclic) bond motifs is 1. The third kappa shape index (κ3) is 1.04. The molecule has 2 aromatic heterocycles. The van der Waals surface area contributed by atoms with Crippen molar-refractivity contribution >= 4 is 11.5 Å². The first-order valence-corrected chi connectivity index (χ1v) is 3.63. The molecule has 14 heavy (non-hydrogen) atoms. The van der Waals surface area contributed by atoms with E-state index in [0.717, 1.165) is 10.7 Å². The Bertz CT molecular complexity index is 519. The zero-order valence-corrected chi connectivity index (χ0v) is 7.04. The summed E-state index contributed by atoms with van der Waals surface area (Å²) in [5.41, 5.74) is -0.609. The van der Waals surface area contributed by atoms with E-state index in [9.17, 15) is 15.2 Å². The second-order valence-corrected chi connectivity index (χ2v) is 2.58. The van der Waals surface area contributed by atoms with Crippen LogP contribution in [0.1, 0.15) is 5.82 Å². The summed E-state index contributed by atoms with van der Waals surface area (Å²) in [5, 5.41) is 25.4. The minimum atomic E-state index is -0.819. The average molecular weight is 194 g/mol. The first kappa shape index (κ1) is 8.35. The minimum absolute atomic E-state index is 0.0677. The average Bonchev–Trinajstić information content (AvgIpc) is 2.46. The summed E-state index contributed by atoms with van der Waals surface area (Å²) in [6.07, 6.45) is 0.881. The van der Waals surface area contributed by atoms with E-state index < -0.39 is 16.5 Å². The Balaban J connectivity index is 2.80. The van der Waals surface area contributed by atoms with Crippen LogP contribution in [-0.2, 0) is 0 Å². The van der Waals surface area contributed by atoms with Crippen molar-refractivity contribution in [1.29, 1.82) is 0 Å². The maximum atomic E-state index is 11.4. The van der Waals surface area contributed by atoms with E-state index >= 15 is 0 Å². The summed E-state index contributed by atoms with van der Waals surface area (Å²) in [6, 6.07) is 0. The van der Waals surface area contributed by atoms with E-state index in [-0.39, 0.29) is 5.78 Å². The highest BCUT2D eigenvalue weighted by Crippen LogP contribution is 2.20. The molecule has 0 aliphatic carbocycles. The summed E-state index contributed by atoms with van der Waals surface area (Å²) in [5.74, 6) is -0.409. The molecule has 8 heteroatoms. The van der Waals surface area contributed by atoms with Crippen molar-refractivity contribution in [3.63, 3.8) is 0 Å². The lowest BCUT2D eigenvalue weighted by Gasteiger charge is -2.06. The van der Waals surface area contributed by atoms with Crippen LogP contribution in [0.4, 0.5) is 5.69 Å². The van der Waals surface area contributed by atoms with Gasteiger partial charge in [-0.25, -0.2) is 9.50 Å². The van der Waals surface area contributed by atoms with E-state index in [2.05, 4.69) is 15.1 Å². The Morgan fingerprint density at radius 3 is 2.93 bits per heavy atom. The van der Waals surface area contributed by atoms with Gasteiger partial charge in [-0.15, -0.1) is 0 Å². The lowest BCUT2D eigenvalue weighted by atomic mass is 10.5. The van der Waals surface area contributed by atoms with Gasteiger partial charge in [0, 0.05) is 0 Å². The molecule has 0 saturated carbocycles. The molecule has 0 spiro atoms. The molecule has 0 aromatic carbocycles. The number of rotatable bonds is 1.